The first-order valence-electron chi connectivity index (χ1n) is 11.3. The Morgan fingerprint density at radius 3 is 2.53 bits per heavy atom. The largest absolute Gasteiger partial charge is 0.354 e. The van der Waals surface area contributed by atoms with Crippen LogP contribution in [0.25, 0.3) is 10.9 Å². The number of nitrogens with one attached hydrogen (secondary N) is 1. The molecule has 1 N–H and O–H groups in total. The van der Waals surface area contributed by atoms with Gasteiger partial charge in [-0.3, -0.25) is 14.2 Å². The van der Waals surface area contributed by atoms with Gasteiger partial charge in [-0.15, -0.1) is 0 Å². The van der Waals surface area contributed by atoms with E-state index in [1.807, 2.05) is 30.3 Å². The Labute approximate surface area is 187 Å². The van der Waals surface area contributed by atoms with Crippen molar-refractivity contribution in [3.8, 4) is 0 Å². The number of aromatic nitrogens is 2. The van der Waals surface area contributed by atoms with Gasteiger partial charge in [0.2, 0.25) is 5.91 Å². The molecule has 1 aliphatic rings. The molecule has 0 spiro atoms. The Morgan fingerprint density at radius 2 is 1.78 bits per heavy atom. The highest BCUT2D eigenvalue weighted by Gasteiger charge is 2.26. The summed E-state index contributed by atoms with van der Waals surface area (Å²) in [6.45, 7) is 0.499. The molecule has 166 valence electrons. The van der Waals surface area contributed by atoms with Crippen LogP contribution in [0, 0.1) is 0 Å². The highest BCUT2D eigenvalue weighted by atomic mass is 16.2. The summed E-state index contributed by atoms with van der Waals surface area (Å²) >= 11 is 0. The molecule has 6 heteroatoms. The van der Waals surface area contributed by atoms with Crippen molar-refractivity contribution in [2.75, 3.05) is 6.54 Å². The van der Waals surface area contributed by atoms with Gasteiger partial charge in [-0.2, -0.15) is 0 Å². The zero-order chi connectivity index (χ0) is 22.5. The van der Waals surface area contributed by atoms with E-state index < -0.39 is 17.3 Å². The van der Waals surface area contributed by atoms with Crippen LogP contribution >= 0.6 is 0 Å². The number of hydrogen-bond acceptors (Lipinski definition) is 3. The van der Waals surface area contributed by atoms with E-state index in [-0.39, 0.29) is 12.3 Å². The second-order valence-electron chi connectivity index (χ2n) is 8.39. The summed E-state index contributed by atoms with van der Waals surface area (Å²) < 4.78 is 2.55. The van der Waals surface area contributed by atoms with Crippen molar-refractivity contribution in [1.82, 2.24) is 14.5 Å². The fraction of sp³-hybridized carbons (Fsp3) is 0.346. The second kappa shape index (κ2) is 9.81. The predicted molar refractivity (Wildman–Crippen MR) is 127 cm³/mol. The Kier molecular flexibility index (Phi) is 6.69. The molecule has 1 heterocycles. The minimum Gasteiger partial charge on any atom is -0.354 e. The molecule has 4 rings (SSSR count). The third kappa shape index (κ3) is 4.59. The molecule has 0 fully saturated rings. The van der Waals surface area contributed by atoms with Crippen LogP contribution < -0.4 is 16.6 Å². The smallest absolute Gasteiger partial charge is 0.331 e. The number of rotatable bonds is 7. The average Bonchev–Trinajstić information content (AvgIpc) is 2.83. The first-order chi connectivity index (χ1) is 15.6. The first kappa shape index (κ1) is 21.8. The maximum Gasteiger partial charge on any atom is 0.331 e. The van der Waals surface area contributed by atoms with E-state index in [4.69, 9.17) is 0 Å². The Hall–Kier alpha value is -3.41. The van der Waals surface area contributed by atoms with Crippen molar-refractivity contribution in [2.24, 2.45) is 7.05 Å². The monoisotopic (exact) mass is 431 g/mol. The fourth-order valence-electron chi connectivity index (χ4n) is 4.44. The molecule has 2 aromatic carbocycles. The molecular weight excluding hydrogens is 402 g/mol. The molecular formula is C26H29N3O3. The number of fused-ring (bicyclic) bond motifs is 1. The molecule has 0 bridgehead atoms. The lowest BCUT2D eigenvalue weighted by Gasteiger charge is -2.21. The summed E-state index contributed by atoms with van der Waals surface area (Å²) in [5.74, 6) is -0.306. The Balaban J connectivity index is 1.68. The van der Waals surface area contributed by atoms with Crippen molar-refractivity contribution < 1.29 is 4.79 Å². The van der Waals surface area contributed by atoms with Crippen LogP contribution in [0.1, 0.15) is 43.7 Å². The quantitative estimate of drug-likeness (QED) is 0.582. The van der Waals surface area contributed by atoms with E-state index in [0.717, 1.165) is 29.4 Å². The van der Waals surface area contributed by atoms with Crippen molar-refractivity contribution in [3.05, 3.63) is 92.6 Å². The van der Waals surface area contributed by atoms with Gasteiger partial charge in [0.1, 0.15) is 6.04 Å². The molecule has 0 unspecified atom stereocenters. The number of aryl methyl sites for hydroxylation is 1. The third-order valence-electron chi connectivity index (χ3n) is 6.22. The summed E-state index contributed by atoms with van der Waals surface area (Å²) in [4.78, 5) is 39.8. The van der Waals surface area contributed by atoms with Gasteiger partial charge in [0.25, 0.3) is 5.56 Å². The van der Waals surface area contributed by atoms with Crippen molar-refractivity contribution >= 4 is 16.8 Å². The van der Waals surface area contributed by atoms with E-state index in [0.29, 0.717) is 17.4 Å². The Bertz CT molecular complexity index is 1250. The summed E-state index contributed by atoms with van der Waals surface area (Å²) in [7, 11) is 1.63. The van der Waals surface area contributed by atoms with Crippen LogP contribution in [0.4, 0.5) is 0 Å². The molecule has 32 heavy (non-hydrogen) atoms. The standard InChI is InChI=1S/C26H29N3O3/c1-28-22-15-9-8-14-21(22)25(31)29(26(28)32)23(18-20-12-6-3-7-13-20)24(30)27-17-16-19-10-4-2-5-11-19/h3,6-10,12-15,23H,2,4-5,11,16-18H2,1H3,(H,27,30)/t23-/m0/s1. The van der Waals surface area contributed by atoms with Gasteiger partial charge < -0.3 is 5.32 Å². The normalized spacial score (nSPS) is 14.7. The lowest BCUT2D eigenvalue weighted by atomic mass is 9.97. The molecule has 0 radical (unpaired) electrons. The van der Waals surface area contributed by atoms with E-state index in [2.05, 4.69) is 11.4 Å². The van der Waals surface area contributed by atoms with Crippen LogP contribution in [0.5, 0.6) is 0 Å². The fourth-order valence-corrected chi connectivity index (χ4v) is 4.44. The van der Waals surface area contributed by atoms with Gasteiger partial charge >= 0.3 is 5.69 Å². The van der Waals surface area contributed by atoms with Gasteiger partial charge in [-0.1, -0.05) is 54.1 Å². The van der Waals surface area contributed by atoms with Crippen LogP contribution in [-0.4, -0.2) is 21.6 Å². The molecule has 0 saturated heterocycles. The average molecular weight is 432 g/mol. The van der Waals surface area contributed by atoms with E-state index in [1.165, 1.54) is 23.0 Å². The number of hydrogen-bond donors (Lipinski definition) is 1. The maximum absolute atomic E-state index is 13.3. The summed E-state index contributed by atoms with van der Waals surface area (Å²) in [6.07, 6.45) is 7.93. The number of carbonyl (C=O) groups excluding carboxylic acids is 1. The lowest BCUT2D eigenvalue weighted by molar-refractivity contribution is -0.124. The minimum atomic E-state index is -0.923. The summed E-state index contributed by atoms with van der Waals surface area (Å²) in [5, 5.41) is 3.41. The highest BCUT2D eigenvalue weighted by molar-refractivity contribution is 5.82. The van der Waals surface area contributed by atoms with Crippen molar-refractivity contribution in [3.63, 3.8) is 0 Å². The molecule has 1 amide bonds. The molecule has 1 aliphatic carbocycles. The number of benzene rings is 2. The molecule has 6 nitrogen and oxygen atoms in total. The highest BCUT2D eigenvalue weighted by Crippen LogP contribution is 2.20. The third-order valence-corrected chi connectivity index (χ3v) is 6.22. The SMILES string of the molecule is Cn1c(=O)n([C@@H](Cc2ccccc2)C(=O)NCCC2=CCCCC2)c(=O)c2ccccc21. The van der Waals surface area contributed by atoms with Gasteiger partial charge in [0.05, 0.1) is 10.9 Å². The number of allylic oxidation sites excluding steroid dienone is 1. The number of amides is 1. The lowest BCUT2D eigenvalue weighted by Crippen LogP contribution is -2.47. The van der Waals surface area contributed by atoms with Crippen molar-refractivity contribution in [2.45, 2.75) is 44.6 Å². The minimum absolute atomic E-state index is 0.267. The second-order valence-corrected chi connectivity index (χ2v) is 8.39. The van der Waals surface area contributed by atoms with Crippen LogP contribution in [0.15, 0.2) is 75.8 Å². The molecule has 3 aromatic rings. The zero-order valence-corrected chi connectivity index (χ0v) is 18.4. The molecule has 1 atom stereocenters. The first-order valence-corrected chi connectivity index (χ1v) is 11.3. The van der Waals surface area contributed by atoms with Gasteiger partial charge in [0, 0.05) is 20.0 Å². The summed E-state index contributed by atoms with van der Waals surface area (Å²) in [5.41, 5.74) is 1.90. The predicted octanol–water partition coefficient (Wildman–Crippen LogP) is 3.49. The molecule has 0 saturated carbocycles. The molecule has 0 aliphatic heterocycles. The zero-order valence-electron chi connectivity index (χ0n) is 18.4. The molecule has 1 aromatic heterocycles. The van der Waals surface area contributed by atoms with Gasteiger partial charge in [-0.25, -0.2) is 9.36 Å². The van der Waals surface area contributed by atoms with Gasteiger partial charge in [-0.05, 0) is 49.8 Å². The maximum atomic E-state index is 13.3. The topological polar surface area (TPSA) is 73.1 Å². The Morgan fingerprint density at radius 1 is 1.03 bits per heavy atom. The van der Waals surface area contributed by atoms with Gasteiger partial charge in [0.15, 0.2) is 0 Å². The van der Waals surface area contributed by atoms with Crippen molar-refractivity contribution in [1.29, 1.82) is 0 Å². The van der Waals surface area contributed by atoms with E-state index in [1.54, 1.807) is 31.3 Å². The van der Waals surface area contributed by atoms with Crippen LogP contribution in [-0.2, 0) is 18.3 Å². The number of para-hydroxylation sites is 1. The summed E-state index contributed by atoms with van der Waals surface area (Å²) in [6, 6.07) is 15.6. The number of carbonyl (C=O) groups is 1. The van der Waals surface area contributed by atoms with E-state index in [9.17, 15) is 14.4 Å². The van der Waals surface area contributed by atoms with Crippen LogP contribution in [0.3, 0.4) is 0 Å². The van der Waals surface area contributed by atoms with Crippen LogP contribution in [0.2, 0.25) is 0 Å². The van der Waals surface area contributed by atoms with E-state index >= 15 is 0 Å². The number of nitrogens with zero attached hydrogens (tertiary/aromatic N) is 2.